The molecule has 0 amide bonds. The van der Waals surface area contributed by atoms with Crippen molar-refractivity contribution in [3.05, 3.63) is 29.3 Å². The molecule has 4 heteroatoms. The lowest BCUT2D eigenvalue weighted by Gasteiger charge is -2.27. The van der Waals surface area contributed by atoms with E-state index in [2.05, 4.69) is 5.32 Å². The van der Waals surface area contributed by atoms with E-state index in [4.69, 9.17) is 4.74 Å². The van der Waals surface area contributed by atoms with Gasteiger partial charge in [-0.2, -0.15) is 0 Å². The molecule has 0 heterocycles. The van der Waals surface area contributed by atoms with Gasteiger partial charge in [-0.3, -0.25) is 0 Å². The highest BCUT2D eigenvalue weighted by Gasteiger charge is 2.21. The maximum absolute atomic E-state index is 11.8. The summed E-state index contributed by atoms with van der Waals surface area (Å²) in [6, 6.07) is 6.06. The van der Waals surface area contributed by atoms with Crippen molar-refractivity contribution < 1.29 is 14.6 Å². The largest absolute Gasteiger partial charge is 0.465 e. The quantitative estimate of drug-likeness (QED) is 0.823. The number of rotatable bonds is 3. The summed E-state index contributed by atoms with van der Waals surface area (Å²) in [7, 11) is 1.39. The lowest BCUT2D eigenvalue weighted by atomic mass is 9.92. The van der Waals surface area contributed by atoms with Crippen molar-refractivity contribution in [3.63, 3.8) is 0 Å². The third-order valence-corrected chi connectivity index (χ3v) is 3.64. The average Bonchev–Trinajstić information content (AvgIpc) is 2.42. The molecule has 1 aliphatic rings. The van der Waals surface area contributed by atoms with Crippen molar-refractivity contribution in [2.24, 2.45) is 0 Å². The molecule has 0 spiro atoms. The Morgan fingerprint density at radius 2 is 2.00 bits per heavy atom. The number of aliphatic hydroxyl groups excluding tert-OH is 1. The number of esters is 1. The van der Waals surface area contributed by atoms with E-state index in [1.54, 1.807) is 0 Å². The maximum atomic E-state index is 11.8. The highest BCUT2D eigenvalue weighted by atomic mass is 16.5. The van der Waals surface area contributed by atoms with Crippen LogP contribution >= 0.6 is 0 Å². The molecule has 0 saturated heterocycles. The van der Waals surface area contributed by atoms with Gasteiger partial charge in [0.2, 0.25) is 0 Å². The molecule has 0 radical (unpaired) electrons. The molecule has 2 rings (SSSR count). The van der Waals surface area contributed by atoms with E-state index in [-0.39, 0.29) is 12.1 Å². The fourth-order valence-corrected chi connectivity index (χ4v) is 2.50. The highest BCUT2D eigenvalue weighted by Crippen LogP contribution is 2.25. The topological polar surface area (TPSA) is 58.6 Å². The van der Waals surface area contributed by atoms with Crippen LogP contribution in [-0.4, -0.2) is 30.3 Å². The highest BCUT2D eigenvalue weighted by molar-refractivity contribution is 5.95. The molecule has 104 valence electrons. The van der Waals surface area contributed by atoms with Crippen LogP contribution in [0.3, 0.4) is 0 Å². The first-order valence-corrected chi connectivity index (χ1v) is 6.73. The van der Waals surface area contributed by atoms with E-state index in [1.165, 1.54) is 7.11 Å². The summed E-state index contributed by atoms with van der Waals surface area (Å²) in [6.07, 6.45) is 3.32. The van der Waals surface area contributed by atoms with Crippen LogP contribution in [0, 0.1) is 6.92 Å². The SMILES string of the molecule is COC(=O)c1cc(C)ccc1NC1CCC(O)CC1. The summed E-state index contributed by atoms with van der Waals surface area (Å²) in [5.41, 5.74) is 2.43. The van der Waals surface area contributed by atoms with E-state index < -0.39 is 0 Å². The third kappa shape index (κ3) is 3.47. The first-order chi connectivity index (χ1) is 9.10. The van der Waals surface area contributed by atoms with Crippen molar-refractivity contribution in [3.8, 4) is 0 Å². The van der Waals surface area contributed by atoms with E-state index in [0.717, 1.165) is 36.9 Å². The molecule has 1 aromatic carbocycles. The molecule has 1 aromatic rings. The number of aryl methyl sites for hydroxylation is 1. The normalized spacial score (nSPS) is 22.9. The Hall–Kier alpha value is -1.55. The summed E-state index contributed by atoms with van der Waals surface area (Å²) in [5.74, 6) is -0.318. The second-order valence-corrected chi connectivity index (χ2v) is 5.19. The van der Waals surface area contributed by atoms with Gasteiger partial charge >= 0.3 is 5.97 Å². The molecule has 0 unspecified atom stereocenters. The molecule has 19 heavy (non-hydrogen) atoms. The van der Waals surface area contributed by atoms with E-state index in [0.29, 0.717) is 11.6 Å². The maximum Gasteiger partial charge on any atom is 0.339 e. The zero-order valence-electron chi connectivity index (χ0n) is 11.5. The summed E-state index contributed by atoms with van der Waals surface area (Å²) in [4.78, 5) is 11.8. The van der Waals surface area contributed by atoms with E-state index in [1.807, 2.05) is 25.1 Å². The summed E-state index contributed by atoms with van der Waals surface area (Å²) >= 11 is 0. The number of hydrogen-bond donors (Lipinski definition) is 2. The molecule has 1 aliphatic carbocycles. The lowest BCUT2D eigenvalue weighted by Crippen LogP contribution is -2.28. The van der Waals surface area contributed by atoms with Gasteiger partial charge in [0.15, 0.2) is 0 Å². The number of hydrogen-bond acceptors (Lipinski definition) is 4. The molecule has 0 aromatic heterocycles. The summed E-state index contributed by atoms with van der Waals surface area (Å²) < 4.78 is 4.82. The van der Waals surface area contributed by atoms with Gasteiger partial charge in [-0.05, 0) is 44.7 Å². The minimum absolute atomic E-state index is 0.170. The predicted molar refractivity (Wildman–Crippen MR) is 74.4 cm³/mol. The van der Waals surface area contributed by atoms with Gasteiger partial charge in [-0.1, -0.05) is 11.6 Å². The van der Waals surface area contributed by atoms with Crippen LogP contribution in [0.1, 0.15) is 41.6 Å². The zero-order valence-corrected chi connectivity index (χ0v) is 11.5. The number of anilines is 1. The first kappa shape index (κ1) is 13.9. The van der Waals surface area contributed by atoms with Gasteiger partial charge in [0.1, 0.15) is 0 Å². The zero-order chi connectivity index (χ0) is 13.8. The standard InChI is InChI=1S/C15H21NO3/c1-10-3-8-14(13(9-10)15(18)19-2)16-11-4-6-12(17)7-5-11/h3,8-9,11-12,16-17H,4-7H2,1-2H3. The van der Waals surface area contributed by atoms with Gasteiger partial charge in [0.05, 0.1) is 18.8 Å². The Labute approximate surface area is 113 Å². The van der Waals surface area contributed by atoms with Crippen LogP contribution in [0.5, 0.6) is 0 Å². The van der Waals surface area contributed by atoms with Crippen molar-refractivity contribution in [1.82, 2.24) is 0 Å². The average molecular weight is 263 g/mol. The number of aliphatic hydroxyl groups is 1. The van der Waals surface area contributed by atoms with Gasteiger partial charge in [-0.25, -0.2) is 4.79 Å². The van der Waals surface area contributed by atoms with Gasteiger partial charge in [0, 0.05) is 11.7 Å². The first-order valence-electron chi connectivity index (χ1n) is 6.73. The number of ether oxygens (including phenoxy) is 1. The summed E-state index contributed by atoms with van der Waals surface area (Å²) in [6.45, 7) is 1.95. The summed E-state index contributed by atoms with van der Waals surface area (Å²) in [5, 5.41) is 12.9. The predicted octanol–water partition coefficient (Wildman–Crippen LogP) is 2.50. The molecule has 1 fully saturated rings. The third-order valence-electron chi connectivity index (χ3n) is 3.64. The number of carbonyl (C=O) groups is 1. The Balaban J connectivity index is 2.13. The van der Waals surface area contributed by atoms with Crippen LogP contribution in [0.15, 0.2) is 18.2 Å². The lowest BCUT2D eigenvalue weighted by molar-refractivity contribution is 0.0601. The Morgan fingerprint density at radius 1 is 1.32 bits per heavy atom. The number of methoxy groups -OCH3 is 1. The monoisotopic (exact) mass is 263 g/mol. The van der Waals surface area contributed by atoms with Crippen molar-refractivity contribution in [2.75, 3.05) is 12.4 Å². The van der Waals surface area contributed by atoms with Gasteiger partial charge in [-0.15, -0.1) is 0 Å². The Bertz CT molecular complexity index is 451. The molecular formula is C15H21NO3. The van der Waals surface area contributed by atoms with E-state index >= 15 is 0 Å². The molecule has 1 saturated carbocycles. The molecular weight excluding hydrogens is 242 g/mol. The Kier molecular flexibility index (Phi) is 4.43. The van der Waals surface area contributed by atoms with Crippen LogP contribution < -0.4 is 5.32 Å². The number of benzene rings is 1. The molecule has 0 aliphatic heterocycles. The number of nitrogens with one attached hydrogen (secondary N) is 1. The minimum atomic E-state index is -0.318. The van der Waals surface area contributed by atoms with Gasteiger partial charge < -0.3 is 15.2 Å². The van der Waals surface area contributed by atoms with Crippen LogP contribution in [0.4, 0.5) is 5.69 Å². The van der Waals surface area contributed by atoms with Crippen molar-refractivity contribution >= 4 is 11.7 Å². The van der Waals surface area contributed by atoms with Crippen molar-refractivity contribution in [1.29, 1.82) is 0 Å². The molecule has 0 bridgehead atoms. The van der Waals surface area contributed by atoms with Crippen LogP contribution in [0.25, 0.3) is 0 Å². The molecule has 2 N–H and O–H groups in total. The minimum Gasteiger partial charge on any atom is -0.465 e. The van der Waals surface area contributed by atoms with Gasteiger partial charge in [0.25, 0.3) is 0 Å². The fourth-order valence-electron chi connectivity index (χ4n) is 2.50. The van der Waals surface area contributed by atoms with Crippen molar-refractivity contribution in [2.45, 2.75) is 44.8 Å². The van der Waals surface area contributed by atoms with E-state index in [9.17, 15) is 9.90 Å². The van der Waals surface area contributed by atoms with Crippen LogP contribution in [0.2, 0.25) is 0 Å². The Morgan fingerprint density at radius 3 is 2.63 bits per heavy atom. The molecule has 4 nitrogen and oxygen atoms in total. The second kappa shape index (κ2) is 6.06. The fraction of sp³-hybridized carbons (Fsp3) is 0.533. The number of carbonyl (C=O) groups excluding carboxylic acids is 1. The second-order valence-electron chi connectivity index (χ2n) is 5.19. The van der Waals surface area contributed by atoms with Crippen LogP contribution in [-0.2, 0) is 4.74 Å². The smallest absolute Gasteiger partial charge is 0.339 e. The molecule has 0 atom stereocenters.